The molecule has 2 aromatic carbocycles. The number of hydrogen-bond acceptors (Lipinski definition) is 5. The van der Waals surface area contributed by atoms with Gasteiger partial charge in [-0.3, -0.25) is 14.4 Å². The molecule has 3 aliphatic rings. The molecule has 3 amide bonds. The molecule has 2 bridgehead atoms. The molecule has 6 atom stereocenters. The van der Waals surface area contributed by atoms with Crippen molar-refractivity contribution in [2.75, 3.05) is 19.7 Å². The SMILES string of the molecule is C=CCN(Cc1ccccc1)C(=O)[C@@H]1[C@H]2C(=O)N([C@@H](CO)Cc3ccccc3)C(C(=O)N(CC=C)C(C)(C)C)C23CC[C@H]1O3. The number of nitrogens with zero attached hydrogens (tertiary/aromatic N) is 3. The average molecular weight is 600 g/mol. The van der Waals surface area contributed by atoms with Gasteiger partial charge in [0.15, 0.2) is 0 Å². The maximum absolute atomic E-state index is 14.7. The maximum Gasteiger partial charge on any atom is 0.249 e. The van der Waals surface area contributed by atoms with Crippen molar-refractivity contribution in [1.82, 2.24) is 14.7 Å². The quantitative estimate of drug-likeness (QED) is 0.373. The van der Waals surface area contributed by atoms with Crippen LogP contribution in [-0.2, 0) is 32.1 Å². The van der Waals surface area contributed by atoms with E-state index in [0.717, 1.165) is 11.1 Å². The number of amides is 3. The second-order valence-electron chi connectivity index (χ2n) is 13.2. The van der Waals surface area contributed by atoms with Gasteiger partial charge in [-0.25, -0.2) is 0 Å². The first kappa shape index (κ1) is 31.7. The molecule has 44 heavy (non-hydrogen) atoms. The summed E-state index contributed by atoms with van der Waals surface area (Å²) in [6, 6.07) is 17.7. The Kier molecular flexibility index (Phi) is 9.14. The number of rotatable bonds is 12. The lowest BCUT2D eigenvalue weighted by Gasteiger charge is -2.43. The fraction of sp³-hybridized carbons (Fsp3) is 0.472. The van der Waals surface area contributed by atoms with Crippen LogP contribution in [0, 0.1) is 11.8 Å². The zero-order valence-electron chi connectivity index (χ0n) is 26.1. The molecule has 8 heteroatoms. The van der Waals surface area contributed by atoms with Crippen molar-refractivity contribution in [2.24, 2.45) is 11.8 Å². The highest BCUT2D eigenvalue weighted by atomic mass is 16.5. The molecule has 0 aliphatic carbocycles. The van der Waals surface area contributed by atoms with Crippen molar-refractivity contribution in [3.63, 3.8) is 0 Å². The molecule has 0 aromatic heterocycles. The van der Waals surface area contributed by atoms with Crippen molar-refractivity contribution in [3.8, 4) is 0 Å². The minimum atomic E-state index is -1.17. The number of aliphatic hydroxyl groups excluding tert-OH is 1. The lowest BCUT2D eigenvalue weighted by atomic mass is 9.70. The number of carbonyl (C=O) groups excluding carboxylic acids is 3. The van der Waals surface area contributed by atoms with E-state index in [0.29, 0.717) is 38.9 Å². The molecule has 3 aliphatic heterocycles. The van der Waals surface area contributed by atoms with Crippen LogP contribution in [-0.4, -0.2) is 86.6 Å². The Hall–Kier alpha value is -3.75. The van der Waals surface area contributed by atoms with Crippen LogP contribution in [0.15, 0.2) is 86.0 Å². The monoisotopic (exact) mass is 599 g/mol. The second kappa shape index (κ2) is 12.7. The summed E-state index contributed by atoms with van der Waals surface area (Å²) in [5.41, 5.74) is 0.185. The third-order valence-electron chi connectivity index (χ3n) is 9.44. The number of fused-ring (bicyclic) bond motifs is 1. The van der Waals surface area contributed by atoms with Crippen LogP contribution in [0.5, 0.6) is 0 Å². The Morgan fingerprint density at radius 2 is 1.64 bits per heavy atom. The van der Waals surface area contributed by atoms with E-state index in [4.69, 9.17) is 4.74 Å². The Bertz CT molecular complexity index is 1370. The van der Waals surface area contributed by atoms with E-state index < -0.39 is 41.2 Å². The molecule has 3 fully saturated rings. The maximum atomic E-state index is 14.7. The van der Waals surface area contributed by atoms with Gasteiger partial charge in [-0.15, -0.1) is 13.2 Å². The van der Waals surface area contributed by atoms with Gasteiger partial charge < -0.3 is 24.5 Å². The Morgan fingerprint density at radius 3 is 2.20 bits per heavy atom. The molecular formula is C36H45N3O5. The van der Waals surface area contributed by atoms with E-state index >= 15 is 0 Å². The number of carbonyl (C=O) groups is 3. The van der Waals surface area contributed by atoms with Gasteiger partial charge in [-0.1, -0.05) is 72.8 Å². The Labute approximate surface area is 261 Å². The summed E-state index contributed by atoms with van der Waals surface area (Å²) < 4.78 is 6.73. The minimum Gasteiger partial charge on any atom is -0.394 e. The van der Waals surface area contributed by atoms with Crippen molar-refractivity contribution in [3.05, 3.63) is 97.1 Å². The highest BCUT2D eigenvalue weighted by molar-refractivity contribution is 5.99. The van der Waals surface area contributed by atoms with Crippen LogP contribution < -0.4 is 0 Å². The Balaban J connectivity index is 1.57. The number of hydrogen-bond donors (Lipinski definition) is 1. The molecule has 1 N–H and O–H groups in total. The summed E-state index contributed by atoms with van der Waals surface area (Å²) in [5, 5.41) is 10.7. The van der Waals surface area contributed by atoms with Crippen LogP contribution in [0.1, 0.15) is 44.7 Å². The smallest absolute Gasteiger partial charge is 0.249 e. The molecule has 5 rings (SSSR count). The zero-order chi connectivity index (χ0) is 31.6. The first-order valence-corrected chi connectivity index (χ1v) is 15.6. The van der Waals surface area contributed by atoms with Crippen molar-refractivity contribution >= 4 is 17.7 Å². The van der Waals surface area contributed by atoms with E-state index in [2.05, 4.69) is 13.2 Å². The van der Waals surface area contributed by atoms with Gasteiger partial charge in [0.1, 0.15) is 11.6 Å². The van der Waals surface area contributed by atoms with Crippen molar-refractivity contribution < 1.29 is 24.2 Å². The molecule has 0 radical (unpaired) electrons. The Morgan fingerprint density at radius 1 is 1.02 bits per heavy atom. The van der Waals surface area contributed by atoms with Crippen molar-refractivity contribution in [1.29, 1.82) is 0 Å². The average Bonchev–Trinajstić information content (AvgIpc) is 3.65. The largest absolute Gasteiger partial charge is 0.394 e. The summed E-state index contributed by atoms with van der Waals surface area (Å²) in [6.45, 7) is 14.3. The first-order chi connectivity index (χ1) is 21.1. The van der Waals surface area contributed by atoms with Gasteiger partial charge in [0.05, 0.1) is 30.6 Å². The topological polar surface area (TPSA) is 90.4 Å². The summed E-state index contributed by atoms with van der Waals surface area (Å²) in [7, 11) is 0. The summed E-state index contributed by atoms with van der Waals surface area (Å²) in [4.78, 5) is 48.8. The van der Waals surface area contributed by atoms with Crippen LogP contribution in [0.2, 0.25) is 0 Å². The van der Waals surface area contributed by atoms with Gasteiger partial charge in [0, 0.05) is 25.2 Å². The zero-order valence-corrected chi connectivity index (χ0v) is 26.1. The molecule has 234 valence electrons. The van der Waals surface area contributed by atoms with Gasteiger partial charge in [-0.2, -0.15) is 0 Å². The fourth-order valence-electron chi connectivity index (χ4n) is 7.56. The normalized spacial score (nSPS) is 26.3. The molecule has 1 spiro atoms. The molecule has 3 heterocycles. The lowest BCUT2D eigenvalue weighted by Crippen LogP contribution is -2.62. The van der Waals surface area contributed by atoms with E-state index in [1.165, 1.54) is 0 Å². The van der Waals surface area contributed by atoms with Gasteiger partial charge in [0.25, 0.3) is 0 Å². The summed E-state index contributed by atoms with van der Waals surface area (Å²) in [5.74, 6) is -2.29. The fourth-order valence-corrected chi connectivity index (χ4v) is 7.56. The van der Waals surface area contributed by atoms with Crippen LogP contribution in [0.25, 0.3) is 0 Å². The molecule has 0 saturated carbocycles. The predicted octanol–water partition coefficient (Wildman–Crippen LogP) is 3.99. The van der Waals surface area contributed by atoms with Gasteiger partial charge >= 0.3 is 0 Å². The molecular weight excluding hydrogens is 554 g/mol. The van der Waals surface area contributed by atoms with E-state index in [1.807, 2.05) is 81.4 Å². The van der Waals surface area contributed by atoms with E-state index in [1.54, 1.807) is 26.9 Å². The standard InChI is InChI=1S/C36H45N3O5/c1-6-20-37(23-26-16-12-9-13-17-26)32(41)29-28-18-19-36(44-28)30(29)33(42)39(27(24-40)22-25-14-10-8-11-15-25)31(36)34(43)38(21-7-2)35(3,4)5/h6-17,27-31,40H,1-2,18-24H2,3-5H3/t27-,28-,29+,30+,31?,36?/m1/s1. The van der Waals surface area contributed by atoms with Crippen molar-refractivity contribution in [2.45, 2.75) is 75.9 Å². The minimum absolute atomic E-state index is 0.172. The number of likely N-dealkylation sites (tertiary alicyclic amines) is 1. The second-order valence-corrected chi connectivity index (χ2v) is 13.2. The lowest BCUT2D eigenvalue weighted by molar-refractivity contribution is -0.154. The molecule has 8 nitrogen and oxygen atoms in total. The van der Waals surface area contributed by atoms with E-state index in [-0.39, 0.29) is 24.3 Å². The van der Waals surface area contributed by atoms with Crippen LogP contribution >= 0.6 is 0 Å². The molecule has 2 unspecified atom stereocenters. The van der Waals surface area contributed by atoms with Crippen LogP contribution in [0.4, 0.5) is 0 Å². The van der Waals surface area contributed by atoms with Gasteiger partial charge in [0.2, 0.25) is 17.7 Å². The highest BCUT2D eigenvalue weighted by Crippen LogP contribution is 2.59. The number of benzene rings is 2. The number of ether oxygens (including phenoxy) is 1. The van der Waals surface area contributed by atoms with E-state index in [9.17, 15) is 19.5 Å². The van der Waals surface area contributed by atoms with Gasteiger partial charge in [-0.05, 0) is 51.2 Å². The van der Waals surface area contributed by atoms with Crippen LogP contribution in [0.3, 0.4) is 0 Å². The summed E-state index contributed by atoms with van der Waals surface area (Å²) in [6.07, 6.45) is 4.33. The molecule has 2 aromatic rings. The third kappa shape index (κ3) is 5.61. The highest BCUT2D eigenvalue weighted by Gasteiger charge is 2.75. The predicted molar refractivity (Wildman–Crippen MR) is 169 cm³/mol. The molecule has 3 saturated heterocycles. The first-order valence-electron chi connectivity index (χ1n) is 15.6. The summed E-state index contributed by atoms with van der Waals surface area (Å²) >= 11 is 0. The number of aliphatic hydroxyl groups is 1. The third-order valence-corrected chi connectivity index (χ3v) is 9.44.